The summed E-state index contributed by atoms with van der Waals surface area (Å²) in [5.74, 6) is 2.21. The van der Waals surface area contributed by atoms with Crippen LogP contribution in [0.5, 0.6) is 11.6 Å². The van der Waals surface area contributed by atoms with Crippen molar-refractivity contribution in [3.63, 3.8) is 0 Å². The molecule has 10 heteroatoms. The second-order valence-electron chi connectivity index (χ2n) is 7.03. The van der Waals surface area contributed by atoms with Gasteiger partial charge in [0.2, 0.25) is 21.9 Å². The number of nitrogens with zero attached hydrogens (tertiary/aromatic N) is 4. The van der Waals surface area contributed by atoms with E-state index in [0.717, 1.165) is 29.5 Å². The van der Waals surface area contributed by atoms with Gasteiger partial charge in [-0.15, -0.1) is 0 Å². The molecule has 0 saturated heterocycles. The SMILES string of the molecule is CCc1cnc(NCc2cc(Oc3ccc(CCNS(C)(=O)=O)cc3)nc(C)n2)nc1. The third kappa shape index (κ3) is 7.58. The highest BCUT2D eigenvalue weighted by Gasteiger charge is 2.06. The first-order valence-electron chi connectivity index (χ1n) is 9.91. The third-order valence-corrected chi connectivity index (χ3v) is 5.06. The summed E-state index contributed by atoms with van der Waals surface area (Å²) in [4.78, 5) is 17.3. The number of aromatic nitrogens is 4. The fourth-order valence-corrected chi connectivity index (χ4v) is 3.24. The number of aryl methyl sites for hydroxylation is 2. The van der Waals surface area contributed by atoms with Crippen LogP contribution < -0.4 is 14.8 Å². The van der Waals surface area contributed by atoms with E-state index in [0.29, 0.717) is 42.9 Å². The van der Waals surface area contributed by atoms with E-state index in [2.05, 4.69) is 36.9 Å². The predicted octanol–water partition coefficient (Wildman–Crippen LogP) is 2.63. The van der Waals surface area contributed by atoms with E-state index >= 15 is 0 Å². The van der Waals surface area contributed by atoms with E-state index in [-0.39, 0.29) is 0 Å². The van der Waals surface area contributed by atoms with Gasteiger partial charge in [0.25, 0.3) is 0 Å². The Bertz CT molecular complexity index is 1100. The minimum Gasteiger partial charge on any atom is -0.439 e. The molecular weight excluding hydrogens is 416 g/mol. The summed E-state index contributed by atoms with van der Waals surface area (Å²) in [6, 6.07) is 9.22. The molecule has 0 saturated carbocycles. The van der Waals surface area contributed by atoms with E-state index in [1.54, 1.807) is 25.4 Å². The standard InChI is InChI=1S/C21H26N6O3S/c1-4-16-12-22-21(23-13-16)24-14-18-11-20(27-15(2)26-18)30-19-7-5-17(6-8-19)9-10-25-31(3,28)29/h5-8,11-13,25H,4,9-10,14H2,1-3H3,(H,22,23,24). The average Bonchev–Trinajstić information content (AvgIpc) is 2.73. The maximum atomic E-state index is 11.1. The Morgan fingerprint density at radius 3 is 2.39 bits per heavy atom. The van der Waals surface area contributed by atoms with Gasteiger partial charge in [-0.25, -0.2) is 28.1 Å². The van der Waals surface area contributed by atoms with Crippen molar-refractivity contribution < 1.29 is 13.2 Å². The molecule has 0 atom stereocenters. The predicted molar refractivity (Wildman–Crippen MR) is 119 cm³/mol. The Kier molecular flexibility index (Phi) is 7.48. The van der Waals surface area contributed by atoms with Crippen LogP contribution in [0.3, 0.4) is 0 Å². The van der Waals surface area contributed by atoms with Crippen molar-refractivity contribution in [3.05, 3.63) is 65.4 Å². The lowest BCUT2D eigenvalue weighted by molar-refractivity contribution is 0.458. The number of hydrogen-bond acceptors (Lipinski definition) is 8. The van der Waals surface area contributed by atoms with Crippen LogP contribution in [0.1, 0.15) is 29.6 Å². The number of sulfonamides is 1. The average molecular weight is 443 g/mol. The van der Waals surface area contributed by atoms with E-state index in [4.69, 9.17) is 4.74 Å². The van der Waals surface area contributed by atoms with Crippen LogP contribution >= 0.6 is 0 Å². The van der Waals surface area contributed by atoms with Crippen molar-refractivity contribution in [1.82, 2.24) is 24.7 Å². The molecule has 3 aromatic rings. The lowest BCUT2D eigenvalue weighted by Gasteiger charge is -2.10. The first kappa shape index (κ1) is 22.6. The van der Waals surface area contributed by atoms with Crippen molar-refractivity contribution in [3.8, 4) is 11.6 Å². The molecule has 0 bridgehead atoms. The van der Waals surface area contributed by atoms with Gasteiger partial charge >= 0.3 is 0 Å². The molecule has 0 spiro atoms. The summed E-state index contributed by atoms with van der Waals surface area (Å²) in [5.41, 5.74) is 2.84. The van der Waals surface area contributed by atoms with Gasteiger partial charge < -0.3 is 10.1 Å². The molecule has 0 radical (unpaired) electrons. The van der Waals surface area contributed by atoms with E-state index in [9.17, 15) is 8.42 Å². The summed E-state index contributed by atoms with van der Waals surface area (Å²) in [6.45, 7) is 4.66. The number of anilines is 1. The second kappa shape index (κ2) is 10.3. The molecule has 3 rings (SSSR count). The van der Waals surface area contributed by atoms with E-state index in [1.807, 2.05) is 24.3 Å². The normalized spacial score (nSPS) is 11.3. The Morgan fingerprint density at radius 2 is 1.74 bits per heavy atom. The zero-order valence-corrected chi connectivity index (χ0v) is 18.6. The van der Waals surface area contributed by atoms with Gasteiger partial charge in [0.05, 0.1) is 18.5 Å². The van der Waals surface area contributed by atoms with Gasteiger partial charge in [-0.2, -0.15) is 4.98 Å². The van der Waals surface area contributed by atoms with Gasteiger partial charge in [0.1, 0.15) is 11.6 Å². The van der Waals surface area contributed by atoms with Gasteiger partial charge in [-0.05, 0) is 43.0 Å². The smallest absolute Gasteiger partial charge is 0.222 e. The van der Waals surface area contributed by atoms with Crippen LogP contribution in [0.25, 0.3) is 0 Å². The summed E-state index contributed by atoms with van der Waals surface area (Å²) < 4.78 is 30.6. The first-order valence-corrected chi connectivity index (χ1v) is 11.8. The van der Waals surface area contributed by atoms with Crippen molar-refractivity contribution in [2.45, 2.75) is 33.2 Å². The minimum atomic E-state index is -3.18. The van der Waals surface area contributed by atoms with Crippen molar-refractivity contribution in [2.24, 2.45) is 0 Å². The van der Waals surface area contributed by atoms with Gasteiger partial charge in [0.15, 0.2) is 0 Å². The monoisotopic (exact) mass is 442 g/mol. The maximum Gasteiger partial charge on any atom is 0.222 e. The number of benzene rings is 1. The molecule has 0 aliphatic rings. The zero-order valence-electron chi connectivity index (χ0n) is 17.8. The molecule has 0 fully saturated rings. The zero-order chi connectivity index (χ0) is 22.3. The van der Waals surface area contributed by atoms with Crippen LogP contribution in [0.4, 0.5) is 5.95 Å². The highest BCUT2D eigenvalue weighted by Crippen LogP contribution is 2.21. The summed E-state index contributed by atoms with van der Waals surface area (Å²) >= 11 is 0. The first-order chi connectivity index (χ1) is 14.8. The van der Waals surface area contributed by atoms with Gasteiger partial charge in [0, 0.05) is 25.0 Å². The summed E-state index contributed by atoms with van der Waals surface area (Å²) in [5, 5.41) is 3.15. The Morgan fingerprint density at radius 1 is 1.03 bits per heavy atom. The van der Waals surface area contributed by atoms with Crippen LogP contribution in [0.2, 0.25) is 0 Å². The number of rotatable bonds is 10. The third-order valence-electron chi connectivity index (χ3n) is 4.33. The topological polar surface area (TPSA) is 119 Å². The summed E-state index contributed by atoms with van der Waals surface area (Å²) in [7, 11) is -3.18. The van der Waals surface area contributed by atoms with E-state index < -0.39 is 10.0 Å². The van der Waals surface area contributed by atoms with Crippen molar-refractivity contribution in [2.75, 3.05) is 18.1 Å². The molecule has 2 heterocycles. The van der Waals surface area contributed by atoms with E-state index in [1.165, 1.54) is 0 Å². The molecule has 164 valence electrons. The minimum absolute atomic E-state index is 0.353. The molecule has 2 N–H and O–H groups in total. The lowest BCUT2D eigenvalue weighted by Crippen LogP contribution is -2.24. The molecule has 0 aliphatic carbocycles. The fourth-order valence-electron chi connectivity index (χ4n) is 2.77. The molecular formula is C21H26N6O3S. The van der Waals surface area contributed by atoms with Crippen LogP contribution in [-0.2, 0) is 29.4 Å². The molecule has 0 aliphatic heterocycles. The molecule has 2 aromatic heterocycles. The van der Waals surface area contributed by atoms with Gasteiger partial charge in [-0.1, -0.05) is 19.1 Å². The van der Waals surface area contributed by atoms with Crippen molar-refractivity contribution in [1.29, 1.82) is 0 Å². The summed E-state index contributed by atoms with van der Waals surface area (Å²) in [6.07, 6.45) is 6.24. The number of nitrogens with one attached hydrogen (secondary N) is 2. The Labute approximate surface area is 182 Å². The Balaban J connectivity index is 1.59. The maximum absolute atomic E-state index is 11.1. The highest BCUT2D eigenvalue weighted by atomic mass is 32.2. The quantitative estimate of drug-likeness (QED) is 0.492. The molecule has 0 unspecified atom stereocenters. The molecule has 31 heavy (non-hydrogen) atoms. The van der Waals surface area contributed by atoms with Crippen molar-refractivity contribution >= 4 is 16.0 Å². The number of hydrogen-bond donors (Lipinski definition) is 2. The molecule has 9 nitrogen and oxygen atoms in total. The van der Waals surface area contributed by atoms with Crippen LogP contribution in [0, 0.1) is 6.92 Å². The Hall–Kier alpha value is -3.11. The molecule has 0 amide bonds. The van der Waals surface area contributed by atoms with Crippen LogP contribution in [-0.4, -0.2) is 41.2 Å². The molecule has 1 aromatic carbocycles. The largest absolute Gasteiger partial charge is 0.439 e. The fraction of sp³-hybridized carbons (Fsp3) is 0.333. The van der Waals surface area contributed by atoms with Crippen LogP contribution in [0.15, 0.2) is 42.7 Å². The lowest BCUT2D eigenvalue weighted by atomic mass is 10.1. The number of ether oxygens (including phenoxy) is 1. The second-order valence-corrected chi connectivity index (χ2v) is 8.86. The van der Waals surface area contributed by atoms with Gasteiger partial charge in [-0.3, -0.25) is 0 Å². The highest BCUT2D eigenvalue weighted by molar-refractivity contribution is 7.88.